The number of morpholine rings is 1. The summed E-state index contributed by atoms with van der Waals surface area (Å²) in [6.07, 6.45) is -4.42. The highest BCUT2D eigenvalue weighted by atomic mass is 19.4. The number of carbonyl (C=O) groups is 1. The third-order valence-electron chi connectivity index (χ3n) is 5.16. The van der Waals surface area contributed by atoms with E-state index in [1.807, 2.05) is 0 Å². The van der Waals surface area contributed by atoms with E-state index in [0.29, 0.717) is 31.0 Å². The molecule has 10 heteroatoms. The van der Waals surface area contributed by atoms with Gasteiger partial charge in [0.1, 0.15) is 0 Å². The molecule has 1 atom stereocenters. The fraction of sp³-hybridized carbons (Fsp3) is 0.619. The Morgan fingerprint density at radius 1 is 1.10 bits per heavy atom. The monoisotopic (exact) mass is 443 g/mol. The summed E-state index contributed by atoms with van der Waals surface area (Å²) in [5.41, 5.74) is -0.599. The number of nitrogens with zero attached hydrogens (tertiary/aromatic N) is 2. The zero-order valence-corrected chi connectivity index (χ0v) is 18.3. The fourth-order valence-corrected chi connectivity index (χ4v) is 3.39. The number of nitrogens with one attached hydrogen (secondary N) is 3. The number of hydrogen-bond acceptors (Lipinski definition) is 4. The van der Waals surface area contributed by atoms with Gasteiger partial charge in [-0.1, -0.05) is 13.8 Å². The summed E-state index contributed by atoms with van der Waals surface area (Å²) in [4.78, 5) is 18.7. The van der Waals surface area contributed by atoms with Crippen LogP contribution in [0.2, 0.25) is 0 Å². The molecule has 31 heavy (non-hydrogen) atoms. The van der Waals surface area contributed by atoms with Crippen molar-refractivity contribution in [3.63, 3.8) is 0 Å². The van der Waals surface area contributed by atoms with Crippen LogP contribution in [0.25, 0.3) is 0 Å². The molecule has 2 rings (SSSR count). The predicted octanol–water partition coefficient (Wildman–Crippen LogP) is 1.96. The molecular formula is C21H32F3N5O2. The minimum atomic E-state index is -4.42. The summed E-state index contributed by atoms with van der Waals surface area (Å²) < 4.78 is 43.3. The van der Waals surface area contributed by atoms with Crippen LogP contribution in [0.4, 0.5) is 13.2 Å². The lowest BCUT2D eigenvalue weighted by Gasteiger charge is -2.37. The fourth-order valence-electron chi connectivity index (χ4n) is 3.39. The van der Waals surface area contributed by atoms with E-state index in [4.69, 9.17) is 4.74 Å². The van der Waals surface area contributed by atoms with Crippen molar-refractivity contribution in [2.24, 2.45) is 10.9 Å². The van der Waals surface area contributed by atoms with Gasteiger partial charge in [-0.05, 0) is 30.2 Å². The Labute approximate surface area is 181 Å². The van der Waals surface area contributed by atoms with Crippen LogP contribution >= 0.6 is 0 Å². The highest BCUT2D eigenvalue weighted by molar-refractivity contribution is 5.94. The molecule has 1 aromatic rings. The van der Waals surface area contributed by atoms with E-state index in [1.165, 1.54) is 12.1 Å². The Kier molecular flexibility index (Phi) is 9.57. The van der Waals surface area contributed by atoms with Crippen molar-refractivity contribution in [1.82, 2.24) is 20.9 Å². The summed E-state index contributed by atoms with van der Waals surface area (Å²) >= 11 is 0. The highest BCUT2D eigenvalue weighted by Crippen LogP contribution is 2.29. The number of ether oxygens (including phenoxy) is 1. The summed E-state index contributed by atoms with van der Waals surface area (Å²) in [6.45, 7) is 9.15. The minimum Gasteiger partial charge on any atom is -0.379 e. The van der Waals surface area contributed by atoms with Crippen LogP contribution in [0, 0.1) is 5.92 Å². The van der Waals surface area contributed by atoms with E-state index in [9.17, 15) is 18.0 Å². The molecule has 3 N–H and O–H groups in total. The first-order chi connectivity index (χ1) is 14.7. The molecule has 0 aromatic heterocycles. The van der Waals surface area contributed by atoms with Crippen molar-refractivity contribution in [2.75, 3.05) is 53.0 Å². The summed E-state index contributed by atoms with van der Waals surface area (Å²) in [7, 11) is 1.68. The van der Waals surface area contributed by atoms with E-state index in [1.54, 1.807) is 7.05 Å². The quantitative estimate of drug-likeness (QED) is 0.325. The number of aliphatic imine (C=N–C) groups is 1. The van der Waals surface area contributed by atoms with Crippen molar-refractivity contribution in [3.8, 4) is 0 Å². The number of hydrogen-bond donors (Lipinski definition) is 3. The first-order valence-electron chi connectivity index (χ1n) is 10.4. The lowest BCUT2D eigenvalue weighted by molar-refractivity contribution is -0.137. The van der Waals surface area contributed by atoms with Crippen LogP contribution in [0.3, 0.4) is 0 Å². The van der Waals surface area contributed by atoms with Crippen LogP contribution in [0.15, 0.2) is 29.3 Å². The molecule has 1 unspecified atom stereocenters. The standard InChI is InChI=1S/C21H32F3N5O2/c1-15(2)18(29-10-12-31-13-11-29)14-28-20(25-3)27-9-8-26-19(30)16-4-6-17(7-5-16)21(22,23)24/h4-7,15,18H,8-14H2,1-3H3,(H,26,30)(H2,25,27,28). The molecule has 1 saturated heterocycles. The van der Waals surface area contributed by atoms with Gasteiger partial charge in [-0.3, -0.25) is 14.7 Å². The van der Waals surface area contributed by atoms with Crippen LogP contribution in [-0.2, 0) is 10.9 Å². The molecule has 1 fully saturated rings. The van der Waals surface area contributed by atoms with Crippen molar-refractivity contribution in [1.29, 1.82) is 0 Å². The minimum absolute atomic E-state index is 0.181. The van der Waals surface area contributed by atoms with Gasteiger partial charge in [0.05, 0.1) is 18.8 Å². The Bertz CT molecular complexity index is 717. The molecule has 7 nitrogen and oxygen atoms in total. The average molecular weight is 444 g/mol. The van der Waals surface area contributed by atoms with E-state index in [0.717, 1.165) is 45.0 Å². The average Bonchev–Trinajstić information content (AvgIpc) is 2.75. The third-order valence-corrected chi connectivity index (χ3v) is 5.16. The number of carbonyl (C=O) groups excluding carboxylic acids is 1. The molecule has 1 amide bonds. The number of benzene rings is 1. The van der Waals surface area contributed by atoms with Crippen LogP contribution in [0.5, 0.6) is 0 Å². The second kappa shape index (κ2) is 11.9. The summed E-state index contributed by atoms with van der Waals surface area (Å²) in [5.74, 6) is 0.667. The van der Waals surface area contributed by atoms with Crippen molar-refractivity contribution in [3.05, 3.63) is 35.4 Å². The number of alkyl halides is 3. The second-order valence-corrected chi connectivity index (χ2v) is 7.67. The molecule has 0 spiro atoms. The first kappa shape index (κ1) is 24.9. The van der Waals surface area contributed by atoms with E-state index in [-0.39, 0.29) is 5.56 Å². The topological polar surface area (TPSA) is 78.0 Å². The Hall–Kier alpha value is -2.33. The Balaban J connectivity index is 1.74. The van der Waals surface area contributed by atoms with Crippen molar-refractivity contribution >= 4 is 11.9 Å². The zero-order valence-electron chi connectivity index (χ0n) is 18.3. The van der Waals surface area contributed by atoms with Gasteiger partial charge in [0.25, 0.3) is 5.91 Å². The molecular weight excluding hydrogens is 411 g/mol. The van der Waals surface area contributed by atoms with Gasteiger partial charge in [0, 0.05) is 51.4 Å². The molecule has 1 aliphatic rings. The molecule has 0 radical (unpaired) electrons. The van der Waals surface area contributed by atoms with Crippen molar-refractivity contribution in [2.45, 2.75) is 26.1 Å². The molecule has 0 aliphatic carbocycles. The van der Waals surface area contributed by atoms with Gasteiger partial charge >= 0.3 is 6.18 Å². The molecule has 1 heterocycles. The normalized spacial score (nSPS) is 16.8. The zero-order chi connectivity index (χ0) is 22.9. The molecule has 1 aromatic carbocycles. The van der Waals surface area contributed by atoms with Gasteiger partial charge < -0.3 is 20.7 Å². The first-order valence-corrected chi connectivity index (χ1v) is 10.4. The molecule has 0 saturated carbocycles. The number of rotatable bonds is 8. The largest absolute Gasteiger partial charge is 0.416 e. The summed E-state index contributed by atoms with van der Waals surface area (Å²) in [5, 5.41) is 9.14. The number of amides is 1. The highest BCUT2D eigenvalue weighted by Gasteiger charge is 2.30. The lowest BCUT2D eigenvalue weighted by Crippen LogP contribution is -2.53. The van der Waals surface area contributed by atoms with Crippen LogP contribution < -0.4 is 16.0 Å². The Morgan fingerprint density at radius 3 is 2.26 bits per heavy atom. The van der Waals surface area contributed by atoms with Gasteiger partial charge in [-0.25, -0.2) is 0 Å². The smallest absolute Gasteiger partial charge is 0.379 e. The number of halogens is 3. The maximum atomic E-state index is 12.6. The third kappa shape index (κ3) is 8.02. The van der Waals surface area contributed by atoms with Crippen LogP contribution in [-0.4, -0.2) is 75.8 Å². The lowest BCUT2D eigenvalue weighted by atomic mass is 10.0. The van der Waals surface area contributed by atoms with Crippen molar-refractivity contribution < 1.29 is 22.7 Å². The maximum absolute atomic E-state index is 12.6. The molecule has 174 valence electrons. The second-order valence-electron chi connectivity index (χ2n) is 7.67. The van der Waals surface area contributed by atoms with Gasteiger partial charge in [-0.15, -0.1) is 0 Å². The summed E-state index contributed by atoms with van der Waals surface area (Å²) in [6, 6.07) is 4.49. The van der Waals surface area contributed by atoms with E-state index in [2.05, 4.69) is 39.7 Å². The van der Waals surface area contributed by atoms with Gasteiger partial charge in [-0.2, -0.15) is 13.2 Å². The van der Waals surface area contributed by atoms with Gasteiger partial charge in [0.15, 0.2) is 5.96 Å². The number of guanidine groups is 1. The van der Waals surface area contributed by atoms with Crippen LogP contribution in [0.1, 0.15) is 29.8 Å². The van der Waals surface area contributed by atoms with Gasteiger partial charge in [0.2, 0.25) is 0 Å². The molecule has 1 aliphatic heterocycles. The molecule has 0 bridgehead atoms. The van der Waals surface area contributed by atoms with E-state index < -0.39 is 17.6 Å². The van der Waals surface area contributed by atoms with E-state index >= 15 is 0 Å². The maximum Gasteiger partial charge on any atom is 0.416 e. The Morgan fingerprint density at radius 2 is 1.71 bits per heavy atom. The SMILES string of the molecule is CN=C(NCCNC(=O)c1ccc(C(F)(F)F)cc1)NCC(C(C)C)N1CCOCC1. The predicted molar refractivity (Wildman–Crippen MR) is 114 cm³/mol.